The van der Waals surface area contributed by atoms with E-state index in [0.29, 0.717) is 6.04 Å². The molecule has 1 aromatic carbocycles. The van der Waals surface area contributed by atoms with Gasteiger partial charge >= 0.3 is 0 Å². The molecule has 1 aromatic rings. The lowest BCUT2D eigenvalue weighted by atomic mass is 9.75. The standard InChI is InChI=1S/C18H26BrN/c1-13(14-7-3-2-4-8-14)20-16-11-15(12-16)17-9-5-6-10-18(17)19/h5-6,9-10,13-16,20H,2-4,7-8,11-12H2,1H3/t13-,15?,16?/m1/s1. The highest BCUT2D eigenvalue weighted by atomic mass is 79.9. The van der Waals surface area contributed by atoms with Crippen molar-refractivity contribution in [3.05, 3.63) is 34.3 Å². The summed E-state index contributed by atoms with van der Waals surface area (Å²) in [4.78, 5) is 0. The Hall–Kier alpha value is -0.340. The van der Waals surface area contributed by atoms with Crippen molar-refractivity contribution >= 4 is 15.9 Å². The van der Waals surface area contributed by atoms with Gasteiger partial charge in [-0.15, -0.1) is 0 Å². The highest BCUT2D eigenvalue weighted by molar-refractivity contribution is 9.10. The number of nitrogens with one attached hydrogen (secondary N) is 1. The topological polar surface area (TPSA) is 12.0 Å². The molecule has 0 aliphatic heterocycles. The third-order valence-electron chi connectivity index (χ3n) is 5.34. The van der Waals surface area contributed by atoms with Crippen LogP contribution in [0.25, 0.3) is 0 Å². The Morgan fingerprint density at radius 1 is 1.10 bits per heavy atom. The minimum absolute atomic E-state index is 0.709. The fourth-order valence-corrected chi connectivity index (χ4v) is 4.56. The van der Waals surface area contributed by atoms with Crippen molar-refractivity contribution in [2.75, 3.05) is 0 Å². The van der Waals surface area contributed by atoms with Crippen molar-refractivity contribution in [1.82, 2.24) is 5.32 Å². The second-order valence-corrected chi connectivity index (χ2v) is 7.59. The molecule has 1 nitrogen and oxygen atoms in total. The smallest absolute Gasteiger partial charge is 0.0210 e. The first-order chi connectivity index (χ1) is 9.74. The van der Waals surface area contributed by atoms with E-state index in [2.05, 4.69) is 52.4 Å². The molecule has 2 aliphatic rings. The second kappa shape index (κ2) is 6.62. The zero-order chi connectivity index (χ0) is 13.9. The zero-order valence-corrected chi connectivity index (χ0v) is 14.0. The van der Waals surface area contributed by atoms with Crippen molar-refractivity contribution in [3.8, 4) is 0 Å². The third kappa shape index (κ3) is 3.28. The summed E-state index contributed by atoms with van der Waals surface area (Å²) in [5, 5.41) is 3.89. The molecule has 0 aromatic heterocycles. The molecule has 0 bridgehead atoms. The van der Waals surface area contributed by atoms with Crippen molar-refractivity contribution in [1.29, 1.82) is 0 Å². The number of hydrogen-bond donors (Lipinski definition) is 1. The van der Waals surface area contributed by atoms with Crippen molar-refractivity contribution in [3.63, 3.8) is 0 Å². The molecule has 0 amide bonds. The minimum Gasteiger partial charge on any atom is -0.311 e. The summed E-state index contributed by atoms with van der Waals surface area (Å²) in [5.41, 5.74) is 1.50. The summed E-state index contributed by atoms with van der Waals surface area (Å²) in [7, 11) is 0. The molecule has 20 heavy (non-hydrogen) atoms. The maximum absolute atomic E-state index is 3.89. The molecule has 0 spiro atoms. The molecule has 110 valence electrons. The van der Waals surface area contributed by atoms with E-state index >= 15 is 0 Å². The Morgan fingerprint density at radius 2 is 1.80 bits per heavy atom. The lowest BCUT2D eigenvalue weighted by molar-refractivity contribution is 0.210. The predicted octanol–water partition coefficient (Wildman–Crippen LogP) is 5.25. The van der Waals surface area contributed by atoms with E-state index in [1.807, 2.05) is 0 Å². The van der Waals surface area contributed by atoms with Crippen LogP contribution in [0, 0.1) is 5.92 Å². The van der Waals surface area contributed by atoms with Crippen LogP contribution in [0.1, 0.15) is 63.4 Å². The average molecular weight is 336 g/mol. The van der Waals surface area contributed by atoms with Crippen LogP contribution in [-0.2, 0) is 0 Å². The molecule has 0 radical (unpaired) electrons. The number of hydrogen-bond acceptors (Lipinski definition) is 1. The molecule has 2 aliphatic carbocycles. The summed E-state index contributed by atoms with van der Waals surface area (Å²) < 4.78 is 1.28. The molecule has 0 saturated heterocycles. The van der Waals surface area contributed by atoms with Gasteiger partial charge in [0.05, 0.1) is 0 Å². The second-order valence-electron chi connectivity index (χ2n) is 6.74. The van der Waals surface area contributed by atoms with Crippen LogP contribution in [0.4, 0.5) is 0 Å². The van der Waals surface area contributed by atoms with Crippen LogP contribution in [0.5, 0.6) is 0 Å². The van der Waals surface area contributed by atoms with Gasteiger partial charge in [-0.1, -0.05) is 53.4 Å². The quantitative estimate of drug-likeness (QED) is 0.791. The van der Waals surface area contributed by atoms with Crippen molar-refractivity contribution < 1.29 is 0 Å². The first kappa shape index (κ1) is 14.6. The molecule has 2 fully saturated rings. The van der Waals surface area contributed by atoms with E-state index in [4.69, 9.17) is 0 Å². The van der Waals surface area contributed by atoms with Crippen LogP contribution >= 0.6 is 15.9 Å². The van der Waals surface area contributed by atoms with Gasteiger partial charge < -0.3 is 5.32 Å². The van der Waals surface area contributed by atoms with Crippen LogP contribution in [0.15, 0.2) is 28.7 Å². The Bertz CT molecular complexity index is 433. The fraction of sp³-hybridized carbons (Fsp3) is 0.667. The van der Waals surface area contributed by atoms with Crippen LogP contribution in [0.2, 0.25) is 0 Å². The Morgan fingerprint density at radius 3 is 2.50 bits per heavy atom. The maximum atomic E-state index is 3.89. The molecule has 2 heteroatoms. The summed E-state index contributed by atoms with van der Waals surface area (Å²) in [5.74, 6) is 1.67. The molecule has 0 heterocycles. The predicted molar refractivity (Wildman–Crippen MR) is 89.1 cm³/mol. The first-order valence-electron chi connectivity index (χ1n) is 8.24. The van der Waals surface area contributed by atoms with E-state index in [9.17, 15) is 0 Å². The van der Waals surface area contributed by atoms with Crippen molar-refractivity contribution in [2.45, 2.75) is 69.9 Å². The summed E-state index contributed by atoms with van der Waals surface area (Å²) in [6.07, 6.45) is 9.83. The van der Waals surface area contributed by atoms with E-state index in [1.54, 1.807) is 0 Å². The van der Waals surface area contributed by atoms with Gasteiger partial charge in [-0.05, 0) is 56.1 Å². The van der Waals surface area contributed by atoms with Gasteiger partial charge in [0.2, 0.25) is 0 Å². The summed E-state index contributed by atoms with van der Waals surface area (Å²) in [6.45, 7) is 2.40. The maximum Gasteiger partial charge on any atom is 0.0210 e. The molecular formula is C18H26BrN. The molecule has 0 unspecified atom stereocenters. The molecule has 2 saturated carbocycles. The zero-order valence-electron chi connectivity index (χ0n) is 12.4. The van der Waals surface area contributed by atoms with E-state index in [1.165, 1.54) is 55.0 Å². The van der Waals surface area contributed by atoms with Gasteiger partial charge in [0.25, 0.3) is 0 Å². The van der Waals surface area contributed by atoms with Crippen LogP contribution in [0.3, 0.4) is 0 Å². The molecule has 1 atom stereocenters. The summed E-state index contributed by atoms with van der Waals surface area (Å²) in [6, 6.07) is 10.2. The van der Waals surface area contributed by atoms with Gasteiger partial charge in [-0.25, -0.2) is 0 Å². The normalized spacial score (nSPS) is 28.9. The Balaban J connectivity index is 1.47. The largest absolute Gasteiger partial charge is 0.311 e. The highest BCUT2D eigenvalue weighted by Crippen LogP contribution is 2.40. The lowest BCUT2D eigenvalue weighted by Crippen LogP contribution is -2.47. The third-order valence-corrected chi connectivity index (χ3v) is 6.06. The van der Waals surface area contributed by atoms with Crippen molar-refractivity contribution in [2.24, 2.45) is 5.92 Å². The first-order valence-corrected chi connectivity index (χ1v) is 9.04. The van der Waals surface area contributed by atoms with Gasteiger partial charge in [-0.2, -0.15) is 0 Å². The Labute approximate surface area is 131 Å². The van der Waals surface area contributed by atoms with Crippen LogP contribution < -0.4 is 5.32 Å². The molecule has 1 N–H and O–H groups in total. The fourth-order valence-electron chi connectivity index (χ4n) is 3.96. The van der Waals surface area contributed by atoms with Gasteiger partial charge in [0, 0.05) is 16.6 Å². The average Bonchev–Trinajstić information content (AvgIpc) is 2.44. The van der Waals surface area contributed by atoms with Gasteiger partial charge in [-0.3, -0.25) is 0 Å². The number of halogens is 1. The number of rotatable bonds is 4. The summed E-state index contributed by atoms with van der Waals surface area (Å²) >= 11 is 3.68. The molecular weight excluding hydrogens is 310 g/mol. The Kier molecular flexibility index (Phi) is 4.83. The lowest BCUT2D eigenvalue weighted by Gasteiger charge is -2.40. The van der Waals surface area contributed by atoms with E-state index in [0.717, 1.165) is 17.9 Å². The van der Waals surface area contributed by atoms with Crippen LogP contribution in [-0.4, -0.2) is 12.1 Å². The van der Waals surface area contributed by atoms with E-state index in [-0.39, 0.29) is 0 Å². The minimum atomic E-state index is 0.709. The van der Waals surface area contributed by atoms with Gasteiger partial charge in [0.15, 0.2) is 0 Å². The number of benzene rings is 1. The molecule has 3 rings (SSSR count). The SMILES string of the molecule is C[C@@H](NC1CC(c2ccccc2Br)C1)C1CCCCC1. The highest BCUT2D eigenvalue weighted by Gasteiger charge is 2.33. The van der Waals surface area contributed by atoms with Gasteiger partial charge in [0.1, 0.15) is 0 Å². The monoisotopic (exact) mass is 335 g/mol. The van der Waals surface area contributed by atoms with E-state index < -0.39 is 0 Å².